The second kappa shape index (κ2) is 8.95. The number of nitrogens with zero attached hydrogens (tertiary/aromatic N) is 3. The second-order valence-electron chi connectivity index (χ2n) is 6.84. The first-order valence-electron chi connectivity index (χ1n) is 8.87. The second-order valence-corrected chi connectivity index (χ2v) is 11.3. The van der Waals surface area contributed by atoms with E-state index < -0.39 is 9.84 Å². The number of halogens is 1. The number of nitriles is 1. The van der Waals surface area contributed by atoms with Gasteiger partial charge in [-0.1, -0.05) is 28.1 Å². The zero-order valence-corrected chi connectivity index (χ0v) is 18.1. The minimum atomic E-state index is -2.90. The van der Waals surface area contributed by atoms with E-state index in [2.05, 4.69) is 26.9 Å². The van der Waals surface area contributed by atoms with E-state index in [-0.39, 0.29) is 28.7 Å². The third-order valence-corrected chi connectivity index (χ3v) is 8.77. The fourth-order valence-corrected chi connectivity index (χ4v) is 7.22. The van der Waals surface area contributed by atoms with Crippen molar-refractivity contribution in [3.8, 4) is 6.07 Å². The fraction of sp³-hybridized carbons (Fsp3) is 0.556. The van der Waals surface area contributed by atoms with Gasteiger partial charge in [0.2, 0.25) is 5.91 Å². The quantitative estimate of drug-likeness (QED) is 0.653. The molecule has 0 N–H and O–H groups in total. The Balaban J connectivity index is 1.48. The first-order valence-corrected chi connectivity index (χ1v) is 12.5. The topological polar surface area (TPSA) is 81.5 Å². The Morgan fingerprint density at radius 3 is 2.48 bits per heavy atom. The van der Waals surface area contributed by atoms with Crippen LogP contribution >= 0.6 is 27.7 Å². The van der Waals surface area contributed by atoms with Crippen LogP contribution in [0, 0.1) is 11.3 Å². The summed E-state index contributed by atoms with van der Waals surface area (Å²) in [6.45, 7) is 2.50. The Bertz CT molecular complexity index is 815. The molecule has 2 heterocycles. The molecule has 146 valence electrons. The van der Waals surface area contributed by atoms with Gasteiger partial charge in [0.1, 0.15) is 6.04 Å². The maximum Gasteiger partial charge on any atom is 0.232 e. The fourth-order valence-electron chi connectivity index (χ4n) is 3.41. The van der Waals surface area contributed by atoms with Gasteiger partial charge in [-0.2, -0.15) is 5.26 Å². The van der Waals surface area contributed by atoms with E-state index in [1.54, 1.807) is 0 Å². The van der Waals surface area contributed by atoms with Crippen molar-refractivity contribution in [3.05, 3.63) is 34.3 Å². The summed E-state index contributed by atoms with van der Waals surface area (Å²) in [5.74, 6) is 0.814. The van der Waals surface area contributed by atoms with Crippen LogP contribution in [0.4, 0.5) is 0 Å². The largest absolute Gasteiger partial charge is 0.339 e. The Labute approximate surface area is 172 Å². The molecule has 1 amide bonds. The minimum absolute atomic E-state index is 0.0422. The summed E-state index contributed by atoms with van der Waals surface area (Å²) in [5.41, 5.74) is 0.957. The molecular formula is C18H22BrN3O3S2. The van der Waals surface area contributed by atoms with Gasteiger partial charge in [0.25, 0.3) is 0 Å². The van der Waals surface area contributed by atoms with E-state index in [0.29, 0.717) is 38.4 Å². The molecule has 0 saturated carbocycles. The highest BCUT2D eigenvalue weighted by atomic mass is 79.9. The van der Waals surface area contributed by atoms with E-state index in [1.807, 2.05) is 29.2 Å². The molecule has 2 aliphatic heterocycles. The van der Waals surface area contributed by atoms with Crippen molar-refractivity contribution in [2.45, 2.75) is 17.7 Å². The Hall–Kier alpha value is -1.08. The van der Waals surface area contributed by atoms with Crippen molar-refractivity contribution in [1.82, 2.24) is 9.80 Å². The lowest BCUT2D eigenvalue weighted by atomic mass is 10.1. The van der Waals surface area contributed by atoms with Crippen molar-refractivity contribution >= 4 is 43.4 Å². The summed E-state index contributed by atoms with van der Waals surface area (Å²) < 4.78 is 24.0. The Morgan fingerprint density at radius 1 is 1.26 bits per heavy atom. The maximum atomic E-state index is 12.4. The standard InChI is InChI=1S/C18H22BrN3O3S2/c19-15-3-1-14(2-4-15)17(11-20)21-6-8-22(9-7-21)18(23)12-26-16-5-10-27(24,25)13-16/h1-4,16-17H,5-10,12-13H2/t16-,17-/m1/s1. The first kappa shape index (κ1) is 20.6. The molecular weight excluding hydrogens is 450 g/mol. The van der Waals surface area contributed by atoms with E-state index in [9.17, 15) is 18.5 Å². The lowest BCUT2D eigenvalue weighted by Gasteiger charge is -2.37. The zero-order valence-electron chi connectivity index (χ0n) is 14.9. The van der Waals surface area contributed by atoms with E-state index in [1.165, 1.54) is 11.8 Å². The average Bonchev–Trinajstić information content (AvgIpc) is 3.01. The maximum absolute atomic E-state index is 12.4. The third-order valence-electron chi connectivity index (χ3n) is 4.97. The molecule has 0 aliphatic carbocycles. The van der Waals surface area contributed by atoms with Crippen LogP contribution in [0.3, 0.4) is 0 Å². The molecule has 3 rings (SSSR count). The van der Waals surface area contributed by atoms with Gasteiger partial charge < -0.3 is 4.90 Å². The summed E-state index contributed by atoms with van der Waals surface area (Å²) >= 11 is 4.86. The summed E-state index contributed by atoms with van der Waals surface area (Å²) in [6, 6.07) is 9.81. The normalized spacial score (nSPS) is 23.7. The highest BCUT2D eigenvalue weighted by Gasteiger charge is 2.30. The number of piperazine rings is 1. The molecule has 2 saturated heterocycles. The van der Waals surface area contributed by atoms with E-state index in [0.717, 1.165) is 10.0 Å². The highest BCUT2D eigenvalue weighted by Crippen LogP contribution is 2.26. The lowest BCUT2D eigenvalue weighted by molar-refractivity contribution is -0.130. The van der Waals surface area contributed by atoms with Gasteiger partial charge in [0.05, 0.1) is 23.3 Å². The van der Waals surface area contributed by atoms with Crippen LogP contribution < -0.4 is 0 Å². The van der Waals surface area contributed by atoms with Crippen LogP contribution in [0.15, 0.2) is 28.7 Å². The number of sulfone groups is 1. The monoisotopic (exact) mass is 471 g/mol. The van der Waals surface area contributed by atoms with Crippen LogP contribution in [0.25, 0.3) is 0 Å². The number of rotatable bonds is 5. The molecule has 0 unspecified atom stereocenters. The van der Waals surface area contributed by atoms with Gasteiger partial charge in [-0.05, 0) is 24.1 Å². The van der Waals surface area contributed by atoms with Gasteiger partial charge in [0.15, 0.2) is 9.84 Å². The van der Waals surface area contributed by atoms with Crippen molar-refractivity contribution in [1.29, 1.82) is 5.26 Å². The van der Waals surface area contributed by atoms with Gasteiger partial charge in [-0.3, -0.25) is 9.69 Å². The van der Waals surface area contributed by atoms with Crippen LogP contribution in [-0.2, 0) is 14.6 Å². The molecule has 9 heteroatoms. The van der Waals surface area contributed by atoms with Crippen LogP contribution in [-0.4, -0.2) is 72.8 Å². The number of carbonyl (C=O) groups excluding carboxylic acids is 1. The molecule has 0 radical (unpaired) electrons. The molecule has 2 atom stereocenters. The predicted octanol–water partition coefficient (Wildman–Crippen LogP) is 2.08. The smallest absolute Gasteiger partial charge is 0.232 e. The molecule has 0 bridgehead atoms. The van der Waals surface area contributed by atoms with Crippen molar-refractivity contribution < 1.29 is 13.2 Å². The van der Waals surface area contributed by atoms with Crippen molar-refractivity contribution in [2.24, 2.45) is 0 Å². The lowest BCUT2D eigenvalue weighted by Crippen LogP contribution is -2.50. The molecule has 27 heavy (non-hydrogen) atoms. The number of hydrogen-bond donors (Lipinski definition) is 0. The first-order chi connectivity index (χ1) is 12.9. The van der Waals surface area contributed by atoms with Crippen LogP contribution in [0.5, 0.6) is 0 Å². The SMILES string of the molecule is N#C[C@H](c1ccc(Br)cc1)N1CCN(C(=O)CS[C@@H]2CCS(=O)(=O)C2)CC1. The van der Waals surface area contributed by atoms with Crippen LogP contribution in [0.2, 0.25) is 0 Å². The molecule has 0 spiro atoms. The van der Waals surface area contributed by atoms with E-state index >= 15 is 0 Å². The van der Waals surface area contributed by atoms with Gasteiger partial charge in [-0.25, -0.2) is 8.42 Å². The molecule has 1 aromatic carbocycles. The minimum Gasteiger partial charge on any atom is -0.339 e. The summed E-state index contributed by atoms with van der Waals surface area (Å²) in [5, 5.41) is 9.63. The predicted molar refractivity (Wildman–Crippen MR) is 110 cm³/mol. The summed E-state index contributed by atoms with van der Waals surface area (Å²) in [4.78, 5) is 16.4. The summed E-state index contributed by atoms with van der Waals surface area (Å²) in [6.07, 6.45) is 0.644. The number of amides is 1. The number of benzene rings is 1. The highest BCUT2D eigenvalue weighted by molar-refractivity contribution is 9.10. The van der Waals surface area contributed by atoms with Gasteiger partial charge >= 0.3 is 0 Å². The van der Waals surface area contributed by atoms with Crippen molar-refractivity contribution in [3.63, 3.8) is 0 Å². The molecule has 6 nitrogen and oxygen atoms in total. The number of carbonyl (C=O) groups is 1. The molecule has 2 fully saturated rings. The van der Waals surface area contributed by atoms with E-state index in [4.69, 9.17) is 0 Å². The third kappa shape index (κ3) is 5.47. The summed E-state index contributed by atoms with van der Waals surface area (Å²) in [7, 11) is -2.90. The Morgan fingerprint density at radius 2 is 1.93 bits per heavy atom. The average molecular weight is 472 g/mol. The molecule has 2 aliphatic rings. The van der Waals surface area contributed by atoms with Crippen molar-refractivity contribution in [2.75, 3.05) is 43.4 Å². The molecule has 1 aromatic rings. The van der Waals surface area contributed by atoms with Crippen LogP contribution in [0.1, 0.15) is 18.0 Å². The molecule has 0 aromatic heterocycles. The van der Waals surface area contributed by atoms with Gasteiger partial charge in [0, 0.05) is 35.9 Å². The number of hydrogen-bond acceptors (Lipinski definition) is 6. The Kier molecular flexibility index (Phi) is 6.84. The van der Waals surface area contributed by atoms with Gasteiger partial charge in [-0.15, -0.1) is 11.8 Å². The zero-order chi connectivity index (χ0) is 19.4. The number of thioether (sulfide) groups is 1.